The first kappa shape index (κ1) is 27.8. The largest absolute Gasteiger partial charge is 0.460 e. The van der Waals surface area contributed by atoms with Crippen LogP contribution in [0.15, 0.2) is 22.7 Å². The molecule has 0 aromatic heterocycles. The number of likely N-dealkylation sites (tertiary alicyclic amines) is 1. The predicted octanol–water partition coefficient (Wildman–Crippen LogP) is 1.27. The van der Waals surface area contributed by atoms with Gasteiger partial charge in [-0.3, -0.25) is 19.2 Å². The summed E-state index contributed by atoms with van der Waals surface area (Å²) in [5.74, 6) is -3.31. The van der Waals surface area contributed by atoms with Crippen LogP contribution in [0.3, 0.4) is 0 Å². The van der Waals surface area contributed by atoms with E-state index in [4.69, 9.17) is 9.47 Å². The molecule has 11 heteroatoms. The highest BCUT2D eigenvalue weighted by Crippen LogP contribution is 2.59. The highest BCUT2D eigenvalue weighted by molar-refractivity contribution is 9.11. The molecule has 10 nitrogen and oxygen atoms in total. The Balaban J connectivity index is 1.80. The molecule has 0 aliphatic carbocycles. The highest BCUT2D eigenvalue weighted by atomic mass is 79.9. The van der Waals surface area contributed by atoms with Crippen molar-refractivity contribution in [2.75, 3.05) is 26.2 Å². The summed E-state index contributed by atoms with van der Waals surface area (Å²) in [6, 6.07) is -1.00. The van der Waals surface area contributed by atoms with Gasteiger partial charge in [0, 0.05) is 36.1 Å². The first-order chi connectivity index (χ1) is 17.4. The fourth-order valence-corrected chi connectivity index (χ4v) is 6.50. The van der Waals surface area contributed by atoms with Crippen LogP contribution in [0.5, 0.6) is 0 Å². The third kappa shape index (κ3) is 4.97. The summed E-state index contributed by atoms with van der Waals surface area (Å²) in [5, 5.41) is 12.3. The van der Waals surface area contributed by atoms with Gasteiger partial charge in [0.15, 0.2) is 0 Å². The number of hydrogen-bond acceptors (Lipinski definition) is 7. The van der Waals surface area contributed by atoms with E-state index in [1.807, 2.05) is 32.9 Å². The third-order valence-electron chi connectivity index (χ3n) is 7.46. The Kier molecular flexibility index (Phi) is 7.88. The molecule has 1 spiro atoms. The molecule has 5 bridgehead atoms. The number of aliphatic hydroxyl groups excluding tert-OH is 1. The van der Waals surface area contributed by atoms with Crippen molar-refractivity contribution >= 4 is 39.6 Å². The van der Waals surface area contributed by atoms with Gasteiger partial charge in [-0.05, 0) is 46.6 Å². The SMILES string of the molecule is C[C@@H]1CNC(=O)CC/C=C\CN(C(C)(C)C)C(=O)[C@@H]2N(CCCO)C(=O)[C@H]3[C@H](C(=O)O1)[C@H]1O[C@@]23C=C1Br. The van der Waals surface area contributed by atoms with Crippen LogP contribution in [-0.2, 0) is 28.7 Å². The van der Waals surface area contributed by atoms with Gasteiger partial charge in [-0.2, -0.15) is 0 Å². The monoisotopic (exact) mass is 581 g/mol. The van der Waals surface area contributed by atoms with Crippen LogP contribution in [0.1, 0.15) is 47.0 Å². The fourth-order valence-electron chi connectivity index (χ4n) is 5.77. The Labute approximate surface area is 225 Å². The number of fused-ring (bicyclic) bond motifs is 2. The second kappa shape index (κ2) is 10.5. The van der Waals surface area contributed by atoms with Gasteiger partial charge in [0.2, 0.25) is 17.7 Å². The maximum atomic E-state index is 14.3. The quantitative estimate of drug-likeness (QED) is 0.379. The fraction of sp³-hybridized carbons (Fsp3) is 0.692. The maximum Gasteiger partial charge on any atom is 0.313 e. The summed E-state index contributed by atoms with van der Waals surface area (Å²) >= 11 is 3.51. The van der Waals surface area contributed by atoms with Gasteiger partial charge in [0.1, 0.15) is 29.8 Å². The highest BCUT2D eigenvalue weighted by Gasteiger charge is 2.75. The van der Waals surface area contributed by atoms with E-state index in [0.717, 1.165) is 0 Å². The van der Waals surface area contributed by atoms with Crippen LogP contribution in [0.4, 0.5) is 0 Å². The molecule has 3 amide bonds. The number of ether oxygens (including phenoxy) is 2. The van der Waals surface area contributed by atoms with Crippen molar-refractivity contribution in [3.05, 3.63) is 22.7 Å². The number of carbonyl (C=O) groups excluding carboxylic acids is 4. The van der Waals surface area contributed by atoms with Crippen LogP contribution in [-0.4, -0.2) is 94.2 Å². The number of allylic oxidation sites excluding steroid dienone is 1. The van der Waals surface area contributed by atoms with Crippen molar-refractivity contribution in [2.45, 2.75) is 76.3 Å². The number of aliphatic hydroxyl groups is 1. The zero-order valence-electron chi connectivity index (χ0n) is 21.7. The molecule has 4 heterocycles. The van der Waals surface area contributed by atoms with E-state index in [-0.39, 0.29) is 56.8 Å². The van der Waals surface area contributed by atoms with Crippen molar-refractivity contribution in [3.8, 4) is 0 Å². The molecule has 37 heavy (non-hydrogen) atoms. The lowest BCUT2D eigenvalue weighted by Gasteiger charge is -2.41. The Bertz CT molecular complexity index is 1020. The summed E-state index contributed by atoms with van der Waals surface area (Å²) in [5.41, 5.74) is -1.93. The molecule has 4 aliphatic rings. The van der Waals surface area contributed by atoms with Crippen LogP contribution in [0.2, 0.25) is 0 Å². The number of nitrogens with one attached hydrogen (secondary N) is 1. The van der Waals surface area contributed by atoms with Gasteiger partial charge in [-0.25, -0.2) is 0 Å². The van der Waals surface area contributed by atoms with Gasteiger partial charge in [0.25, 0.3) is 0 Å². The number of hydrogen-bond donors (Lipinski definition) is 2. The Morgan fingerprint density at radius 3 is 2.59 bits per heavy atom. The van der Waals surface area contributed by atoms with E-state index >= 15 is 0 Å². The molecule has 0 radical (unpaired) electrons. The van der Waals surface area contributed by atoms with E-state index in [1.54, 1.807) is 17.9 Å². The number of rotatable bonds is 3. The lowest BCUT2D eigenvalue weighted by Crippen LogP contribution is -2.59. The molecule has 204 valence electrons. The van der Waals surface area contributed by atoms with Crippen LogP contribution >= 0.6 is 15.9 Å². The lowest BCUT2D eigenvalue weighted by atomic mass is 9.74. The smallest absolute Gasteiger partial charge is 0.313 e. The van der Waals surface area contributed by atoms with Gasteiger partial charge >= 0.3 is 5.97 Å². The number of halogens is 1. The molecule has 4 rings (SSSR count). The summed E-state index contributed by atoms with van der Waals surface area (Å²) < 4.78 is 12.7. The van der Waals surface area contributed by atoms with Crippen molar-refractivity contribution in [3.63, 3.8) is 0 Å². The van der Waals surface area contributed by atoms with E-state index < -0.39 is 47.2 Å². The van der Waals surface area contributed by atoms with Gasteiger partial charge in [0.05, 0.1) is 12.5 Å². The molecule has 0 saturated carbocycles. The molecule has 2 fully saturated rings. The normalized spacial score (nSPS) is 35.8. The molecular weight excluding hydrogens is 546 g/mol. The van der Waals surface area contributed by atoms with Gasteiger partial charge < -0.3 is 29.7 Å². The molecule has 0 aromatic rings. The molecule has 0 unspecified atom stereocenters. The zero-order valence-corrected chi connectivity index (χ0v) is 23.3. The number of carbonyl (C=O) groups is 4. The molecule has 4 aliphatic heterocycles. The number of cyclic esters (lactones) is 1. The minimum absolute atomic E-state index is 0.147. The number of amides is 3. The molecule has 2 saturated heterocycles. The van der Waals surface area contributed by atoms with Crippen molar-refractivity contribution in [1.82, 2.24) is 15.1 Å². The minimum Gasteiger partial charge on any atom is -0.460 e. The van der Waals surface area contributed by atoms with Crippen molar-refractivity contribution in [2.24, 2.45) is 11.8 Å². The van der Waals surface area contributed by atoms with E-state index in [0.29, 0.717) is 10.9 Å². The zero-order chi connectivity index (χ0) is 27.1. The third-order valence-corrected chi connectivity index (χ3v) is 8.14. The summed E-state index contributed by atoms with van der Waals surface area (Å²) in [6.07, 6.45) is 5.17. The van der Waals surface area contributed by atoms with Crippen molar-refractivity contribution in [1.29, 1.82) is 0 Å². The summed E-state index contributed by atoms with van der Waals surface area (Å²) in [7, 11) is 0. The van der Waals surface area contributed by atoms with Crippen molar-refractivity contribution < 1.29 is 33.8 Å². The van der Waals surface area contributed by atoms with Gasteiger partial charge in [-0.15, -0.1) is 0 Å². The molecule has 6 atom stereocenters. The first-order valence-corrected chi connectivity index (χ1v) is 13.6. The van der Waals surface area contributed by atoms with E-state index in [1.165, 1.54) is 4.90 Å². The Hall–Kier alpha value is -2.24. The van der Waals surface area contributed by atoms with Crippen LogP contribution in [0, 0.1) is 11.8 Å². The average Bonchev–Trinajstić information content (AvgIpc) is 3.40. The second-order valence-electron chi connectivity index (χ2n) is 11.1. The maximum absolute atomic E-state index is 14.3. The number of nitrogens with zero attached hydrogens (tertiary/aromatic N) is 2. The number of esters is 1. The van der Waals surface area contributed by atoms with E-state index in [9.17, 15) is 24.3 Å². The van der Waals surface area contributed by atoms with Crippen LogP contribution < -0.4 is 5.32 Å². The first-order valence-electron chi connectivity index (χ1n) is 12.8. The van der Waals surface area contributed by atoms with Crippen LogP contribution in [0.25, 0.3) is 0 Å². The van der Waals surface area contributed by atoms with E-state index in [2.05, 4.69) is 21.2 Å². The second-order valence-corrected chi connectivity index (χ2v) is 12.0. The topological polar surface area (TPSA) is 125 Å². The summed E-state index contributed by atoms with van der Waals surface area (Å²) in [4.78, 5) is 57.0. The molecule has 0 aromatic carbocycles. The van der Waals surface area contributed by atoms with Gasteiger partial charge in [-0.1, -0.05) is 28.1 Å². The summed E-state index contributed by atoms with van der Waals surface area (Å²) in [6.45, 7) is 7.86. The molecular formula is C26H36BrN3O7. The minimum atomic E-state index is -1.34. The predicted molar refractivity (Wildman–Crippen MR) is 137 cm³/mol. The Morgan fingerprint density at radius 1 is 1.19 bits per heavy atom. The Morgan fingerprint density at radius 2 is 1.92 bits per heavy atom. The lowest BCUT2D eigenvalue weighted by molar-refractivity contribution is -0.158. The molecule has 2 N–H and O–H groups in total. The average molecular weight is 582 g/mol. The standard InChI is InChI=1S/C26H36BrN3O7/c1-15-14-28-17(32)9-6-5-7-11-30(25(2,3)4)23(34)21-26-13-16(27)20(37-26)18(24(35)36-15)19(26)22(33)29(21)10-8-12-31/h5,7,13,15,18-21,31H,6,8-12,14H2,1-4H3,(H,28,32)/b7-5-/t15-,18+,19-,20+,21+,26-/m1/s1.